The highest BCUT2D eigenvalue weighted by Gasteiger charge is 2.62. The maximum Gasteiger partial charge on any atom is 0.303 e. The van der Waals surface area contributed by atoms with Gasteiger partial charge < -0.3 is 37.9 Å². The van der Waals surface area contributed by atoms with E-state index in [0.717, 1.165) is 16.9 Å². The summed E-state index contributed by atoms with van der Waals surface area (Å²) in [6.45, 7) is 12.6. The van der Waals surface area contributed by atoms with Gasteiger partial charge in [-0.2, -0.15) is 0 Å². The molecule has 152 valence electrons. The Hall–Kier alpha value is 0.120. The lowest BCUT2D eigenvalue weighted by Crippen LogP contribution is -3.00. The van der Waals surface area contributed by atoms with Crippen LogP contribution in [0.1, 0.15) is 66.2 Å². The van der Waals surface area contributed by atoms with Crippen LogP contribution < -0.4 is 24.0 Å². The van der Waals surface area contributed by atoms with Crippen molar-refractivity contribution in [3.8, 4) is 0 Å². The average Bonchev–Trinajstić information content (AvgIpc) is 2.85. The van der Waals surface area contributed by atoms with Crippen molar-refractivity contribution in [1.29, 1.82) is 0 Å². The number of ether oxygens (including phenoxy) is 2. The normalized spacial score (nSPS) is 35.6. The van der Waals surface area contributed by atoms with Crippen LogP contribution in [-0.2, 0) is 14.3 Å². The minimum absolute atomic E-state index is 0. The maximum atomic E-state index is 11.6. The van der Waals surface area contributed by atoms with Crippen molar-refractivity contribution in [2.75, 3.05) is 33.3 Å². The first-order valence-corrected chi connectivity index (χ1v) is 10.3. The van der Waals surface area contributed by atoms with E-state index in [1.54, 1.807) is 0 Å². The van der Waals surface area contributed by atoms with Crippen LogP contribution in [0.4, 0.5) is 0 Å². The predicted molar refractivity (Wildman–Crippen MR) is 99.2 cm³/mol. The van der Waals surface area contributed by atoms with E-state index in [1.807, 2.05) is 0 Å². The summed E-state index contributed by atoms with van der Waals surface area (Å²) in [5.41, 5.74) is 0.627. The zero-order valence-electron chi connectivity index (χ0n) is 17.4. The van der Waals surface area contributed by atoms with Gasteiger partial charge in [-0.1, -0.05) is 20.8 Å². The molecule has 3 aliphatic rings. The fourth-order valence-electron chi connectivity index (χ4n) is 5.91. The highest BCUT2D eigenvalue weighted by molar-refractivity contribution is 5.66. The number of likely N-dealkylation sites (N-methyl/N-ethyl adjacent to an activating group) is 1. The third kappa shape index (κ3) is 4.24. The molecule has 4 nitrogen and oxygen atoms in total. The molecule has 4 unspecified atom stereocenters. The van der Waals surface area contributed by atoms with E-state index in [4.69, 9.17) is 9.47 Å². The first-order chi connectivity index (χ1) is 11.7. The summed E-state index contributed by atoms with van der Waals surface area (Å²) in [6.07, 6.45) is 7.86. The van der Waals surface area contributed by atoms with Gasteiger partial charge in [0.1, 0.15) is 6.54 Å². The third-order valence-electron chi connectivity index (χ3n) is 8.07. The third-order valence-corrected chi connectivity index (χ3v) is 8.07. The number of likely N-dealkylation sites (tertiary alicyclic amines) is 1. The number of quaternary nitrogens is 1. The summed E-state index contributed by atoms with van der Waals surface area (Å²) in [6, 6.07) is 0. The van der Waals surface area contributed by atoms with E-state index in [0.29, 0.717) is 18.1 Å². The van der Waals surface area contributed by atoms with Gasteiger partial charge in [0, 0.05) is 6.92 Å². The maximum absolute atomic E-state index is 11.6. The number of rotatable bonds is 6. The largest absolute Gasteiger partial charge is 1.00 e. The summed E-state index contributed by atoms with van der Waals surface area (Å²) in [5, 5.41) is 0. The Morgan fingerprint density at radius 2 is 1.85 bits per heavy atom. The molecule has 3 fully saturated rings. The van der Waals surface area contributed by atoms with E-state index in [-0.39, 0.29) is 41.5 Å². The molecule has 0 aromatic heterocycles. The van der Waals surface area contributed by atoms with Crippen molar-refractivity contribution >= 4 is 5.97 Å². The summed E-state index contributed by atoms with van der Waals surface area (Å²) in [4.78, 5) is 11.6. The molecule has 0 spiro atoms. The lowest BCUT2D eigenvalue weighted by atomic mass is 9.70. The average molecular weight is 479 g/mol. The Kier molecular flexibility index (Phi) is 7.10. The zero-order valence-corrected chi connectivity index (χ0v) is 19.5. The molecule has 5 heteroatoms. The number of hydrogen-bond acceptors (Lipinski definition) is 3. The van der Waals surface area contributed by atoms with Crippen LogP contribution >= 0.6 is 0 Å². The number of fused-ring (bicyclic) bond motifs is 2. The van der Waals surface area contributed by atoms with Gasteiger partial charge >= 0.3 is 5.97 Å². The Labute approximate surface area is 177 Å². The lowest BCUT2D eigenvalue weighted by Gasteiger charge is -2.41. The van der Waals surface area contributed by atoms with Gasteiger partial charge in [-0.15, -0.1) is 0 Å². The molecule has 0 aromatic carbocycles. The topological polar surface area (TPSA) is 35.5 Å². The summed E-state index contributed by atoms with van der Waals surface area (Å²) < 4.78 is 13.1. The first kappa shape index (κ1) is 22.4. The molecule has 0 radical (unpaired) electrons. The molecule has 2 aliphatic carbocycles. The fourth-order valence-corrected chi connectivity index (χ4v) is 5.91. The highest BCUT2D eigenvalue weighted by atomic mass is 127. The number of hydrogen-bond donors (Lipinski definition) is 0. The van der Waals surface area contributed by atoms with Gasteiger partial charge in [-0.25, -0.2) is 0 Å². The Morgan fingerprint density at radius 1 is 1.19 bits per heavy atom. The Bertz CT molecular complexity index is 503. The van der Waals surface area contributed by atoms with Crippen LogP contribution in [0.5, 0.6) is 0 Å². The van der Waals surface area contributed by atoms with Crippen molar-refractivity contribution < 1.29 is 42.7 Å². The molecule has 2 saturated carbocycles. The SMILES string of the molecule is CC(=O)OC(COC1CC2CCC1(C)C2(C)C)C[N+]1(C)CCCCC1.[I-]. The van der Waals surface area contributed by atoms with Gasteiger partial charge in [0.15, 0.2) is 6.10 Å². The van der Waals surface area contributed by atoms with Gasteiger partial charge in [-0.05, 0) is 55.3 Å². The monoisotopic (exact) mass is 479 g/mol. The van der Waals surface area contributed by atoms with Crippen molar-refractivity contribution in [3.05, 3.63) is 0 Å². The number of halogens is 1. The van der Waals surface area contributed by atoms with Crippen LogP contribution in [0.3, 0.4) is 0 Å². The molecule has 2 bridgehead atoms. The quantitative estimate of drug-likeness (QED) is 0.321. The molecule has 1 aliphatic heterocycles. The number of nitrogens with zero attached hydrogens (tertiary/aromatic N) is 1. The molecule has 26 heavy (non-hydrogen) atoms. The van der Waals surface area contributed by atoms with Gasteiger partial charge in [0.25, 0.3) is 0 Å². The minimum atomic E-state index is -0.184. The minimum Gasteiger partial charge on any atom is -1.00 e. The zero-order chi connectivity index (χ0) is 18.3. The van der Waals surface area contributed by atoms with E-state index >= 15 is 0 Å². The van der Waals surface area contributed by atoms with Crippen molar-refractivity contribution in [2.45, 2.75) is 78.4 Å². The molecule has 3 rings (SSSR count). The van der Waals surface area contributed by atoms with E-state index in [9.17, 15) is 4.79 Å². The molecule has 0 amide bonds. The molecular formula is C21H38INO3. The Morgan fingerprint density at radius 3 is 2.35 bits per heavy atom. The van der Waals surface area contributed by atoms with Crippen molar-refractivity contribution in [1.82, 2.24) is 0 Å². The predicted octanol–water partition coefficient (Wildman–Crippen LogP) is 0.784. The second-order valence-corrected chi connectivity index (χ2v) is 9.97. The molecule has 0 N–H and O–H groups in total. The van der Waals surface area contributed by atoms with Gasteiger partial charge in [-0.3, -0.25) is 4.79 Å². The van der Waals surface area contributed by atoms with Crippen LogP contribution in [0.2, 0.25) is 0 Å². The molecular weight excluding hydrogens is 441 g/mol. The summed E-state index contributed by atoms with van der Waals surface area (Å²) >= 11 is 0. The van der Waals surface area contributed by atoms with E-state index < -0.39 is 0 Å². The molecule has 4 atom stereocenters. The van der Waals surface area contributed by atoms with Crippen LogP contribution in [-0.4, -0.2) is 55.9 Å². The van der Waals surface area contributed by atoms with Crippen LogP contribution in [0, 0.1) is 16.7 Å². The number of esters is 1. The van der Waals surface area contributed by atoms with E-state index in [1.165, 1.54) is 58.5 Å². The van der Waals surface area contributed by atoms with Crippen molar-refractivity contribution in [2.24, 2.45) is 16.7 Å². The second kappa shape index (κ2) is 8.24. The second-order valence-electron chi connectivity index (χ2n) is 9.97. The highest BCUT2D eigenvalue weighted by Crippen LogP contribution is 2.66. The first-order valence-electron chi connectivity index (χ1n) is 10.3. The van der Waals surface area contributed by atoms with Gasteiger partial charge in [0.2, 0.25) is 0 Å². The molecule has 1 heterocycles. The van der Waals surface area contributed by atoms with Gasteiger partial charge in [0.05, 0.1) is 32.8 Å². The fraction of sp³-hybridized carbons (Fsp3) is 0.952. The number of carbonyl (C=O) groups is 1. The van der Waals surface area contributed by atoms with Crippen LogP contribution in [0.15, 0.2) is 0 Å². The van der Waals surface area contributed by atoms with Crippen molar-refractivity contribution in [3.63, 3.8) is 0 Å². The molecule has 0 aromatic rings. The number of piperidine rings is 1. The summed E-state index contributed by atoms with van der Waals surface area (Å²) in [5.74, 6) is 0.595. The number of carbonyl (C=O) groups excluding carboxylic acids is 1. The van der Waals surface area contributed by atoms with E-state index in [2.05, 4.69) is 27.8 Å². The smallest absolute Gasteiger partial charge is 0.303 e. The van der Waals surface area contributed by atoms with Crippen LogP contribution in [0.25, 0.3) is 0 Å². The standard InChI is InChI=1S/C21H38NO3.HI/c1-16(23)25-18(14-22(5)11-7-6-8-12-22)15-24-19-13-17-9-10-21(19,4)20(17,2)3;/h17-19H,6-15H2,1-5H3;1H/q+1;/p-1. The Balaban J connectivity index is 0.00000243. The molecule has 1 saturated heterocycles. The lowest BCUT2D eigenvalue weighted by molar-refractivity contribution is -0.916. The summed E-state index contributed by atoms with van der Waals surface area (Å²) in [7, 11) is 2.30.